The van der Waals surface area contributed by atoms with E-state index in [2.05, 4.69) is 5.32 Å². The minimum atomic E-state index is -1.09. The average Bonchev–Trinajstić information content (AvgIpc) is 2.84. The molecule has 2 N–H and O–H groups in total. The van der Waals surface area contributed by atoms with E-state index in [0.29, 0.717) is 19.4 Å². The lowest BCUT2D eigenvalue weighted by molar-refractivity contribution is -0.148. The number of rotatable bonds is 4. The maximum Gasteiger partial charge on any atom is 0.329 e. The van der Waals surface area contributed by atoms with E-state index >= 15 is 0 Å². The molecule has 1 aliphatic carbocycles. The Hall–Kier alpha value is -2.04. The molecule has 1 amide bonds. The van der Waals surface area contributed by atoms with Crippen LogP contribution in [0.2, 0.25) is 0 Å². The number of carbonyl (C=O) groups is 2. The normalized spacial score (nSPS) is 19.3. The van der Waals surface area contributed by atoms with E-state index < -0.39 is 11.5 Å². The number of benzene rings is 1. The Morgan fingerprint density at radius 1 is 1.17 bits per heavy atom. The lowest BCUT2D eigenvalue weighted by Gasteiger charge is -2.29. The number of aliphatic carboxylic acids is 1. The minimum absolute atomic E-state index is 0.211. The molecular weight excluding hydrogens is 294 g/mol. The summed E-state index contributed by atoms with van der Waals surface area (Å²) in [5.41, 5.74) is 0.937. The van der Waals surface area contributed by atoms with E-state index in [9.17, 15) is 14.7 Å². The van der Waals surface area contributed by atoms with Crippen LogP contribution in [-0.2, 0) is 22.4 Å². The van der Waals surface area contributed by atoms with Crippen molar-refractivity contribution in [2.24, 2.45) is 0 Å². The van der Waals surface area contributed by atoms with E-state index in [4.69, 9.17) is 4.74 Å². The highest BCUT2D eigenvalue weighted by molar-refractivity contribution is 5.88. The largest absolute Gasteiger partial charge is 0.493 e. The van der Waals surface area contributed by atoms with Gasteiger partial charge in [0.2, 0.25) is 5.91 Å². The molecule has 23 heavy (non-hydrogen) atoms. The van der Waals surface area contributed by atoms with Crippen LogP contribution in [0.5, 0.6) is 5.75 Å². The summed E-state index contributed by atoms with van der Waals surface area (Å²) in [5.74, 6) is -0.233. The average molecular weight is 317 g/mol. The number of amides is 1. The van der Waals surface area contributed by atoms with Crippen LogP contribution in [0.4, 0.5) is 0 Å². The van der Waals surface area contributed by atoms with Crippen LogP contribution in [0.15, 0.2) is 18.2 Å². The third kappa shape index (κ3) is 3.49. The van der Waals surface area contributed by atoms with Crippen molar-refractivity contribution < 1.29 is 19.4 Å². The van der Waals surface area contributed by atoms with Gasteiger partial charge in [-0.25, -0.2) is 4.79 Å². The monoisotopic (exact) mass is 317 g/mol. The summed E-state index contributed by atoms with van der Waals surface area (Å²) < 4.78 is 5.46. The van der Waals surface area contributed by atoms with Crippen molar-refractivity contribution in [2.75, 3.05) is 6.61 Å². The summed E-state index contributed by atoms with van der Waals surface area (Å²) >= 11 is 0. The zero-order valence-electron chi connectivity index (χ0n) is 13.3. The number of hydrogen-bond donors (Lipinski definition) is 2. The minimum Gasteiger partial charge on any atom is -0.493 e. The summed E-state index contributed by atoms with van der Waals surface area (Å²) in [6, 6.07) is 5.76. The predicted molar refractivity (Wildman–Crippen MR) is 85.6 cm³/mol. The number of carboxylic acids is 1. The summed E-state index contributed by atoms with van der Waals surface area (Å²) in [7, 11) is 0. The smallest absolute Gasteiger partial charge is 0.329 e. The first kappa shape index (κ1) is 15.8. The van der Waals surface area contributed by atoms with Crippen LogP contribution >= 0.6 is 0 Å². The fraction of sp³-hybridized carbons (Fsp3) is 0.556. The zero-order valence-corrected chi connectivity index (χ0v) is 13.3. The first-order valence-electron chi connectivity index (χ1n) is 8.38. The summed E-state index contributed by atoms with van der Waals surface area (Å²) in [4.78, 5) is 24.1. The number of fused-ring (bicyclic) bond motifs is 1. The second-order valence-corrected chi connectivity index (χ2v) is 6.57. The molecule has 0 spiro atoms. The molecule has 2 aliphatic rings. The van der Waals surface area contributed by atoms with Crippen molar-refractivity contribution in [3.63, 3.8) is 0 Å². The number of nitrogens with one attached hydrogen (secondary N) is 1. The van der Waals surface area contributed by atoms with Crippen LogP contribution < -0.4 is 10.1 Å². The molecule has 5 nitrogen and oxygen atoms in total. The van der Waals surface area contributed by atoms with Gasteiger partial charge in [0.1, 0.15) is 11.3 Å². The fourth-order valence-corrected chi connectivity index (χ4v) is 3.57. The van der Waals surface area contributed by atoms with Gasteiger partial charge in [0.25, 0.3) is 0 Å². The Morgan fingerprint density at radius 2 is 1.91 bits per heavy atom. The van der Waals surface area contributed by atoms with Gasteiger partial charge in [0.05, 0.1) is 13.0 Å². The van der Waals surface area contributed by atoms with Crippen LogP contribution in [-0.4, -0.2) is 29.1 Å². The van der Waals surface area contributed by atoms with Gasteiger partial charge in [-0.1, -0.05) is 37.8 Å². The quantitative estimate of drug-likeness (QED) is 0.837. The maximum atomic E-state index is 12.4. The number of carbonyl (C=O) groups excluding carboxylic acids is 1. The van der Waals surface area contributed by atoms with Gasteiger partial charge < -0.3 is 15.2 Å². The standard InChI is InChI=1S/C18H23NO4/c20-16(12-13-5-6-15-14(11-13)7-10-23-15)19-18(17(21)22)8-3-1-2-4-9-18/h5-6,11H,1-4,7-10,12H2,(H,19,20)(H,21,22). The number of ether oxygens (including phenoxy) is 1. The molecule has 3 rings (SSSR count). The molecule has 1 fully saturated rings. The molecule has 5 heteroatoms. The van der Waals surface area contributed by atoms with E-state index in [1.54, 1.807) is 0 Å². The fourth-order valence-electron chi connectivity index (χ4n) is 3.57. The Balaban J connectivity index is 1.68. The van der Waals surface area contributed by atoms with Crippen molar-refractivity contribution >= 4 is 11.9 Å². The highest BCUT2D eigenvalue weighted by Gasteiger charge is 2.39. The van der Waals surface area contributed by atoms with Crippen molar-refractivity contribution in [1.29, 1.82) is 0 Å². The molecule has 0 saturated heterocycles. The molecule has 1 aromatic carbocycles. The molecule has 0 unspecified atom stereocenters. The molecule has 0 atom stereocenters. The molecule has 0 bridgehead atoms. The Morgan fingerprint density at radius 3 is 2.61 bits per heavy atom. The van der Waals surface area contributed by atoms with Crippen molar-refractivity contribution in [3.8, 4) is 5.75 Å². The molecule has 0 aromatic heterocycles. The third-order valence-electron chi connectivity index (χ3n) is 4.86. The van der Waals surface area contributed by atoms with Gasteiger partial charge in [-0.2, -0.15) is 0 Å². The molecule has 1 aliphatic heterocycles. The van der Waals surface area contributed by atoms with E-state index in [1.807, 2.05) is 18.2 Å². The SMILES string of the molecule is O=C(Cc1ccc2c(c1)CCO2)NC1(C(=O)O)CCCCCC1. The summed E-state index contributed by atoms with van der Waals surface area (Å²) in [6.07, 6.45) is 5.89. The van der Waals surface area contributed by atoms with Crippen molar-refractivity contribution in [3.05, 3.63) is 29.3 Å². The van der Waals surface area contributed by atoms with Crippen molar-refractivity contribution in [2.45, 2.75) is 56.9 Å². The molecule has 124 valence electrons. The molecule has 0 radical (unpaired) electrons. The van der Waals surface area contributed by atoms with Crippen LogP contribution in [0.1, 0.15) is 49.7 Å². The van der Waals surface area contributed by atoms with Gasteiger partial charge in [0.15, 0.2) is 0 Å². The van der Waals surface area contributed by atoms with Gasteiger partial charge in [0, 0.05) is 6.42 Å². The van der Waals surface area contributed by atoms with Gasteiger partial charge in [-0.3, -0.25) is 4.79 Å². The van der Waals surface area contributed by atoms with Crippen molar-refractivity contribution in [1.82, 2.24) is 5.32 Å². The van der Waals surface area contributed by atoms with Gasteiger partial charge in [-0.15, -0.1) is 0 Å². The lowest BCUT2D eigenvalue weighted by atomic mass is 9.90. The van der Waals surface area contributed by atoms with Gasteiger partial charge >= 0.3 is 5.97 Å². The third-order valence-corrected chi connectivity index (χ3v) is 4.86. The van der Waals surface area contributed by atoms with E-state index in [0.717, 1.165) is 49.0 Å². The first-order chi connectivity index (χ1) is 11.1. The molecule has 1 aromatic rings. The molecule has 1 saturated carbocycles. The highest BCUT2D eigenvalue weighted by atomic mass is 16.5. The Bertz CT molecular complexity index is 603. The second-order valence-electron chi connectivity index (χ2n) is 6.57. The topological polar surface area (TPSA) is 75.6 Å². The van der Waals surface area contributed by atoms with Crippen LogP contribution in [0.3, 0.4) is 0 Å². The zero-order chi connectivity index (χ0) is 16.3. The Labute approximate surface area is 136 Å². The highest BCUT2D eigenvalue weighted by Crippen LogP contribution is 2.28. The van der Waals surface area contributed by atoms with E-state index in [1.165, 1.54) is 0 Å². The molecular formula is C18H23NO4. The van der Waals surface area contributed by atoms with Gasteiger partial charge in [-0.05, 0) is 30.0 Å². The number of hydrogen-bond acceptors (Lipinski definition) is 3. The Kier molecular flexibility index (Phi) is 4.55. The predicted octanol–water partition coefficient (Wildman–Crippen LogP) is 2.46. The van der Waals surface area contributed by atoms with Crippen LogP contribution in [0.25, 0.3) is 0 Å². The molecule has 1 heterocycles. The van der Waals surface area contributed by atoms with E-state index in [-0.39, 0.29) is 12.3 Å². The lowest BCUT2D eigenvalue weighted by Crippen LogP contribution is -2.54. The summed E-state index contributed by atoms with van der Waals surface area (Å²) in [6.45, 7) is 0.688. The summed E-state index contributed by atoms with van der Waals surface area (Å²) in [5, 5.41) is 12.4. The second kappa shape index (κ2) is 6.60. The van der Waals surface area contributed by atoms with Crippen LogP contribution in [0, 0.1) is 0 Å². The maximum absolute atomic E-state index is 12.4. The number of carboxylic acid groups (broad SMARTS) is 1. The first-order valence-corrected chi connectivity index (χ1v) is 8.38.